The predicted molar refractivity (Wildman–Crippen MR) is 176 cm³/mol. The maximum atomic E-state index is 5.02. The highest BCUT2D eigenvalue weighted by Gasteiger charge is 2.22. The molecule has 40 heavy (non-hydrogen) atoms. The van der Waals surface area contributed by atoms with Gasteiger partial charge in [-0.15, -0.1) is 0 Å². The van der Waals surface area contributed by atoms with Crippen LogP contribution in [-0.4, -0.2) is 10.3 Å². The molecule has 0 aliphatic heterocycles. The molecule has 0 unspecified atom stereocenters. The number of aryl methyl sites for hydroxylation is 2. The quantitative estimate of drug-likeness (QED) is 0.224. The number of nitrogens with zero attached hydrogens (tertiary/aromatic N) is 2. The molecule has 0 atom stereocenters. The number of hydrogen-bond acceptors (Lipinski definition) is 1. The zero-order valence-corrected chi connectivity index (χ0v) is 24.1. The van der Waals surface area contributed by atoms with Crippen molar-refractivity contribution in [2.24, 2.45) is 4.99 Å². The zero-order valence-electron chi connectivity index (χ0n) is 24.1. The molecule has 0 N–H and O–H groups in total. The molecular weight excluding hydrogens is 484 g/mol. The molecule has 0 spiro atoms. The minimum absolute atomic E-state index is 0.754. The van der Waals surface area contributed by atoms with Gasteiger partial charge in [0, 0.05) is 27.6 Å². The van der Waals surface area contributed by atoms with Gasteiger partial charge in [-0.3, -0.25) is 0 Å². The lowest BCUT2D eigenvalue weighted by molar-refractivity contribution is 1.14. The second-order valence-electron chi connectivity index (χ2n) is 9.83. The number of hydrogen-bond donors (Lipinski definition) is 0. The Morgan fingerprint density at radius 2 is 1.40 bits per heavy atom. The second kappa shape index (κ2) is 11.6. The standard InChI is InChI=1S/C36H30N2.C2H6/c1-24-14-8-10-18-30(24)35-25(2)31-23-22-29-17-9-11-20-33(29)36(31)38(35)27(4)32-19-12-13-21-34(32)37-26(3)28-15-6-5-7-16-28;1-2/h5-23H,3H2,1-2,4H3;1-2H3/b32-27+,37-34?;. The lowest BCUT2D eigenvalue weighted by Gasteiger charge is -2.19. The highest BCUT2D eigenvalue weighted by atomic mass is 15.0. The summed E-state index contributed by atoms with van der Waals surface area (Å²) in [6, 6.07) is 32.0. The van der Waals surface area contributed by atoms with Crippen molar-refractivity contribution < 1.29 is 0 Å². The van der Waals surface area contributed by atoms with Gasteiger partial charge in [-0.2, -0.15) is 0 Å². The van der Waals surface area contributed by atoms with Crippen LogP contribution in [0.15, 0.2) is 132 Å². The summed E-state index contributed by atoms with van der Waals surface area (Å²) in [5.74, 6) is 0. The van der Waals surface area contributed by atoms with Gasteiger partial charge >= 0.3 is 0 Å². The van der Waals surface area contributed by atoms with E-state index in [-0.39, 0.29) is 0 Å². The van der Waals surface area contributed by atoms with Crippen molar-refractivity contribution in [2.45, 2.75) is 34.6 Å². The molecule has 0 radical (unpaired) electrons. The Hall–Kier alpha value is -4.69. The molecule has 4 aromatic carbocycles. The van der Waals surface area contributed by atoms with Gasteiger partial charge in [0.1, 0.15) is 0 Å². The summed E-state index contributed by atoms with van der Waals surface area (Å²) in [4.78, 5) is 5.02. The summed E-state index contributed by atoms with van der Waals surface area (Å²) in [6.07, 6.45) is 8.38. The molecule has 2 nitrogen and oxygen atoms in total. The Bertz CT molecular complexity index is 1840. The molecular formula is C38H36N2. The molecule has 0 amide bonds. The van der Waals surface area contributed by atoms with Crippen LogP contribution in [0.4, 0.5) is 0 Å². The van der Waals surface area contributed by atoms with E-state index in [1.807, 2.05) is 38.1 Å². The van der Waals surface area contributed by atoms with Crippen LogP contribution in [0, 0.1) is 13.8 Å². The molecule has 5 aromatic rings. The molecule has 0 fully saturated rings. The maximum absolute atomic E-state index is 5.02. The van der Waals surface area contributed by atoms with E-state index in [2.05, 4.69) is 123 Å². The Labute approximate surface area is 238 Å². The van der Waals surface area contributed by atoms with Crippen molar-refractivity contribution in [2.75, 3.05) is 0 Å². The van der Waals surface area contributed by atoms with E-state index in [0.29, 0.717) is 0 Å². The topological polar surface area (TPSA) is 17.3 Å². The number of aliphatic imine (C=N–C) groups is 1. The van der Waals surface area contributed by atoms with Crippen molar-refractivity contribution in [3.05, 3.63) is 144 Å². The highest BCUT2D eigenvalue weighted by molar-refractivity contribution is 6.18. The third kappa shape index (κ3) is 4.78. The first-order valence-electron chi connectivity index (χ1n) is 14.0. The monoisotopic (exact) mass is 520 g/mol. The fraction of sp³-hybridized carbons (Fsp3) is 0.132. The predicted octanol–water partition coefficient (Wildman–Crippen LogP) is 10.6. The van der Waals surface area contributed by atoms with Crippen molar-refractivity contribution in [3.8, 4) is 11.3 Å². The van der Waals surface area contributed by atoms with E-state index >= 15 is 0 Å². The van der Waals surface area contributed by atoms with E-state index in [1.165, 1.54) is 44.1 Å². The van der Waals surface area contributed by atoms with Crippen molar-refractivity contribution in [1.82, 2.24) is 4.57 Å². The normalized spacial score (nSPS) is 14.9. The van der Waals surface area contributed by atoms with Gasteiger partial charge in [0.25, 0.3) is 0 Å². The third-order valence-electron chi connectivity index (χ3n) is 7.50. The number of allylic oxidation sites excluding steroid dienone is 6. The first-order valence-corrected chi connectivity index (χ1v) is 14.0. The van der Waals surface area contributed by atoms with Crippen LogP contribution in [-0.2, 0) is 0 Å². The summed E-state index contributed by atoms with van der Waals surface area (Å²) in [6.45, 7) is 14.9. The lowest BCUT2D eigenvalue weighted by Crippen LogP contribution is -2.08. The van der Waals surface area contributed by atoms with Crippen molar-refractivity contribution in [1.29, 1.82) is 0 Å². The van der Waals surface area contributed by atoms with Crippen LogP contribution < -0.4 is 0 Å². The Morgan fingerprint density at radius 3 is 2.17 bits per heavy atom. The van der Waals surface area contributed by atoms with Crippen LogP contribution in [0.25, 0.3) is 44.3 Å². The van der Waals surface area contributed by atoms with Crippen molar-refractivity contribution in [3.63, 3.8) is 0 Å². The van der Waals surface area contributed by atoms with Crippen LogP contribution in [0.1, 0.15) is 37.5 Å². The fourth-order valence-corrected chi connectivity index (χ4v) is 5.54. The Kier molecular flexibility index (Phi) is 7.79. The fourth-order valence-electron chi connectivity index (χ4n) is 5.54. The summed E-state index contributed by atoms with van der Waals surface area (Å²) in [5.41, 5.74) is 11.1. The Balaban J connectivity index is 0.00000158. The average molecular weight is 521 g/mol. The van der Waals surface area contributed by atoms with Gasteiger partial charge in [-0.05, 0) is 48.9 Å². The van der Waals surface area contributed by atoms with E-state index in [4.69, 9.17) is 4.99 Å². The number of aromatic nitrogens is 1. The lowest BCUT2D eigenvalue weighted by atomic mass is 10.0. The number of fused-ring (bicyclic) bond motifs is 3. The van der Waals surface area contributed by atoms with Gasteiger partial charge in [0.15, 0.2) is 0 Å². The first-order chi connectivity index (χ1) is 19.5. The van der Waals surface area contributed by atoms with Crippen LogP contribution in [0.5, 0.6) is 0 Å². The van der Waals surface area contributed by atoms with Crippen LogP contribution in [0.3, 0.4) is 0 Å². The minimum atomic E-state index is 0.754. The van der Waals surface area contributed by atoms with Crippen LogP contribution >= 0.6 is 0 Å². The first kappa shape index (κ1) is 26.9. The zero-order chi connectivity index (χ0) is 28.2. The smallest absolute Gasteiger partial charge is 0.0726 e. The number of benzene rings is 4. The van der Waals surface area contributed by atoms with Gasteiger partial charge in [0.05, 0.1) is 22.6 Å². The van der Waals surface area contributed by atoms with E-state index in [1.54, 1.807) is 0 Å². The molecule has 1 aliphatic carbocycles. The molecule has 0 saturated heterocycles. The van der Waals surface area contributed by atoms with Gasteiger partial charge in [-0.25, -0.2) is 4.99 Å². The minimum Gasteiger partial charge on any atom is -0.312 e. The molecule has 2 heteroatoms. The number of rotatable bonds is 4. The molecule has 198 valence electrons. The summed E-state index contributed by atoms with van der Waals surface area (Å²) >= 11 is 0. The SMILES string of the molecule is C=C(N=C1C=CC=C/C1=C(/C)n1c(-c2ccccc2C)c(C)c2ccc3ccccc3c21)c1ccccc1.CC. The second-order valence-corrected chi connectivity index (χ2v) is 9.83. The van der Waals surface area contributed by atoms with Crippen molar-refractivity contribution >= 4 is 38.8 Å². The summed E-state index contributed by atoms with van der Waals surface area (Å²) < 4.78 is 2.45. The molecule has 1 aromatic heterocycles. The molecule has 6 rings (SSSR count). The highest BCUT2D eigenvalue weighted by Crippen LogP contribution is 2.41. The van der Waals surface area contributed by atoms with Gasteiger partial charge in [0.2, 0.25) is 0 Å². The van der Waals surface area contributed by atoms with E-state index in [9.17, 15) is 0 Å². The molecule has 1 heterocycles. The summed E-state index contributed by atoms with van der Waals surface area (Å²) in [7, 11) is 0. The Morgan fingerprint density at radius 1 is 0.725 bits per heavy atom. The van der Waals surface area contributed by atoms with E-state index < -0.39 is 0 Å². The summed E-state index contributed by atoms with van der Waals surface area (Å²) in [5, 5.41) is 3.75. The molecule has 1 aliphatic rings. The van der Waals surface area contributed by atoms with Gasteiger partial charge in [-0.1, -0.05) is 130 Å². The maximum Gasteiger partial charge on any atom is 0.0726 e. The largest absolute Gasteiger partial charge is 0.312 e. The molecule has 0 saturated carbocycles. The molecule has 0 bridgehead atoms. The average Bonchev–Trinajstić information content (AvgIpc) is 3.31. The van der Waals surface area contributed by atoms with E-state index in [0.717, 1.165) is 28.2 Å². The van der Waals surface area contributed by atoms with Gasteiger partial charge < -0.3 is 4.57 Å². The third-order valence-corrected chi connectivity index (χ3v) is 7.50. The van der Waals surface area contributed by atoms with Crippen LogP contribution in [0.2, 0.25) is 0 Å².